The fourth-order valence-electron chi connectivity index (χ4n) is 3.20. The Kier molecular flexibility index (Phi) is 16.6. The Balaban J connectivity index is 3.31. The zero-order chi connectivity index (χ0) is 20.4. The number of sulfone groups is 1. The Morgan fingerprint density at radius 2 is 0.815 bits per heavy atom. The molecule has 0 atom stereocenters. The molecule has 0 rings (SSSR count). The third-order valence-electron chi connectivity index (χ3n) is 4.95. The van der Waals surface area contributed by atoms with E-state index in [1.54, 1.807) is 0 Å². The molecule has 0 aromatic rings. The number of unbranched alkanes of at least 4 members (excludes halogenated alkanes) is 15. The van der Waals surface area contributed by atoms with E-state index in [9.17, 15) is 20.7 Å². The van der Waals surface area contributed by atoms with Crippen LogP contribution in [0.5, 0.6) is 0 Å². The first-order valence-corrected chi connectivity index (χ1v) is 14.3. The zero-order valence-corrected chi connectivity index (χ0v) is 18.9. The van der Waals surface area contributed by atoms with Gasteiger partial charge in [0.2, 0.25) is 0 Å². The summed E-state index contributed by atoms with van der Waals surface area (Å²) in [5, 5.41) is 0. The van der Waals surface area contributed by atoms with Crippen molar-refractivity contribution in [1.29, 1.82) is 0 Å². The molecule has 0 bridgehead atoms. The van der Waals surface area contributed by atoms with Gasteiger partial charge in [-0.3, -0.25) is 0 Å². The molecule has 0 spiro atoms. The van der Waals surface area contributed by atoms with Gasteiger partial charge in [0, 0.05) is 0 Å². The molecule has 0 unspecified atom stereocenters. The molecule has 0 amide bonds. The van der Waals surface area contributed by atoms with E-state index >= 15 is 0 Å². The van der Waals surface area contributed by atoms with Gasteiger partial charge in [0.25, 0.3) is 0 Å². The molecule has 0 fully saturated rings. The lowest BCUT2D eigenvalue weighted by atomic mass is 10.0. The van der Waals surface area contributed by atoms with Gasteiger partial charge < -0.3 is 0 Å². The monoisotopic (exact) mass is 428 g/mol. The van der Waals surface area contributed by atoms with Crippen molar-refractivity contribution in [2.24, 2.45) is 0 Å². The highest BCUT2D eigenvalue weighted by Crippen LogP contribution is 2.14. The van der Waals surface area contributed by atoms with Gasteiger partial charge in [-0.25, -0.2) is 8.42 Å². The highest BCUT2D eigenvalue weighted by Gasteiger charge is 2.16. The molecule has 0 aromatic carbocycles. The minimum Gasteiger partial charge on any atom is -0.229 e. The third kappa shape index (κ3) is 22.0. The van der Waals surface area contributed by atoms with Crippen LogP contribution in [-0.4, -0.2) is 34.1 Å². The van der Waals surface area contributed by atoms with Crippen LogP contribution in [0, 0.1) is 0 Å². The molecule has 4 nitrogen and oxygen atoms in total. The fraction of sp³-hybridized carbons (Fsp3) is 1.00. The summed E-state index contributed by atoms with van der Waals surface area (Å²) in [7, 11) is -8.15. The second-order valence-electron chi connectivity index (χ2n) is 7.70. The Bertz CT molecular complexity index is 530. The van der Waals surface area contributed by atoms with E-state index in [1.807, 2.05) is 0 Å². The van der Waals surface area contributed by atoms with Crippen molar-refractivity contribution in [2.75, 3.05) is 17.3 Å². The highest BCUT2D eigenvalue weighted by molar-refractivity contribution is 7.93. The highest BCUT2D eigenvalue weighted by atomic mass is 32.3. The fourth-order valence-corrected chi connectivity index (χ4v) is 5.86. The summed E-state index contributed by atoms with van der Waals surface area (Å²) in [6.07, 6.45) is 19.5. The van der Waals surface area contributed by atoms with E-state index in [1.165, 1.54) is 77.0 Å². The van der Waals surface area contributed by atoms with Gasteiger partial charge in [0.1, 0.15) is 0 Å². The summed E-state index contributed by atoms with van der Waals surface area (Å²) in [6.45, 7) is 2.25. The summed E-state index contributed by atoms with van der Waals surface area (Å²) >= 11 is 0. The standard InChI is InChI=1S/C20H41FO4S2/c1-2-3-4-5-6-7-8-9-10-11-12-13-14-15-16-17-18-26(22,23)19-20-27(21,24)25/h2-20H2,1H3. The Labute approximate surface area is 167 Å². The maximum atomic E-state index is 12.4. The van der Waals surface area contributed by atoms with Gasteiger partial charge in [-0.2, -0.15) is 8.42 Å². The van der Waals surface area contributed by atoms with Crippen molar-refractivity contribution in [3.8, 4) is 0 Å². The molecule has 0 aliphatic carbocycles. The first kappa shape index (κ1) is 26.8. The number of hydrogen-bond acceptors (Lipinski definition) is 4. The van der Waals surface area contributed by atoms with Gasteiger partial charge in [0.15, 0.2) is 9.84 Å². The van der Waals surface area contributed by atoms with Crippen molar-refractivity contribution in [1.82, 2.24) is 0 Å². The zero-order valence-electron chi connectivity index (χ0n) is 17.3. The normalized spacial score (nSPS) is 12.5. The second kappa shape index (κ2) is 16.8. The molecule has 0 heterocycles. The summed E-state index contributed by atoms with van der Waals surface area (Å²) in [6, 6.07) is 0. The Morgan fingerprint density at radius 1 is 0.481 bits per heavy atom. The Morgan fingerprint density at radius 3 is 1.15 bits per heavy atom. The first-order valence-electron chi connectivity index (χ1n) is 10.9. The van der Waals surface area contributed by atoms with Crippen LogP contribution < -0.4 is 0 Å². The van der Waals surface area contributed by atoms with Crippen LogP contribution in [0.3, 0.4) is 0 Å². The predicted octanol–water partition coefficient (Wildman–Crippen LogP) is 5.96. The van der Waals surface area contributed by atoms with E-state index < -0.39 is 31.6 Å². The van der Waals surface area contributed by atoms with Crippen LogP contribution >= 0.6 is 0 Å². The van der Waals surface area contributed by atoms with Crippen molar-refractivity contribution >= 4 is 20.1 Å². The average Bonchev–Trinajstić information content (AvgIpc) is 2.59. The SMILES string of the molecule is CCCCCCCCCCCCCCCCCCS(=O)(=O)CCS(=O)(=O)F. The smallest absolute Gasteiger partial charge is 0.229 e. The lowest BCUT2D eigenvalue weighted by Crippen LogP contribution is -2.17. The summed E-state index contributed by atoms with van der Waals surface area (Å²) < 4.78 is 56.3. The van der Waals surface area contributed by atoms with Crippen molar-refractivity contribution in [3.63, 3.8) is 0 Å². The van der Waals surface area contributed by atoms with Gasteiger partial charge >= 0.3 is 10.2 Å². The molecule has 0 aliphatic rings. The topological polar surface area (TPSA) is 68.3 Å². The first-order chi connectivity index (χ1) is 12.8. The van der Waals surface area contributed by atoms with Gasteiger partial charge in [0.05, 0.1) is 17.3 Å². The van der Waals surface area contributed by atoms with Crippen LogP contribution in [0.4, 0.5) is 3.89 Å². The lowest BCUT2D eigenvalue weighted by molar-refractivity contribution is 0.530. The van der Waals surface area contributed by atoms with Crippen molar-refractivity contribution < 1.29 is 20.7 Å². The van der Waals surface area contributed by atoms with Crippen LogP contribution in [0.2, 0.25) is 0 Å². The van der Waals surface area contributed by atoms with Crippen LogP contribution in [0.1, 0.15) is 110 Å². The van der Waals surface area contributed by atoms with E-state index in [0.29, 0.717) is 6.42 Å². The summed E-state index contributed by atoms with van der Waals surface area (Å²) in [5.41, 5.74) is 0. The van der Waals surface area contributed by atoms with Crippen molar-refractivity contribution in [3.05, 3.63) is 0 Å². The van der Waals surface area contributed by atoms with Gasteiger partial charge in [-0.05, 0) is 6.42 Å². The van der Waals surface area contributed by atoms with E-state index in [2.05, 4.69) is 6.92 Å². The molecule has 0 saturated heterocycles. The van der Waals surface area contributed by atoms with Crippen LogP contribution in [0.15, 0.2) is 0 Å². The molecule has 7 heteroatoms. The van der Waals surface area contributed by atoms with Crippen LogP contribution in [-0.2, 0) is 20.1 Å². The molecule has 0 aliphatic heterocycles. The number of hydrogen-bond donors (Lipinski definition) is 0. The minimum atomic E-state index is -4.70. The second-order valence-corrected chi connectivity index (χ2v) is 11.5. The predicted molar refractivity (Wildman–Crippen MR) is 113 cm³/mol. The molecule has 0 N–H and O–H groups in total. The van der Waals surface area contributed by atoms with Crippen LogP contribution in [0.25, 0.3) is 0 Å². The lowest BCUT2D eigenvalue weighted by Gasteiger charge is -2.04. The summed E-state index contributed by atoms with van der Waals surface area (Å²) in [4.78, 5) is 0. The van der Waals surface area contributed by atoms with E-state index in [4.69, 9.17) is 0 Å². The molecule has 164 valence electrons. The van der Waals surface area contributed by atoms with Crippen molar-refractivity contribution in [2.45, 2.75) is 110 Å². The molecular weight excluding hydrogens is 387 g/mol. The minimum absolute atomic E-state index is 0.0407. The number of halogens is 1. The van der Waals surface area contributed by atoms with Gasteiger partial charge in [-0.15, -0.1) is 3.89 Å². The molecule has 27 heavy (non-hydrogen) atoms. The Hall–Kier alpha value is -0.170. The molecule has 0 aromatic heterocycles. The summed E-state index contributed by atoms with van der Waals surface area (Å²) in [5.74, 6) is -1.57. The third-order valence-corrected chi connectivity index (χ3v) is 7.63. The van der Waals surface area contributed by atoms with Gasteiger partial charge in [-0.1, -0.05) is 103 Å². The molecule has 0 radical (unpaired) electrons. The number of rotatable bonds is 20. The quantitative estimate of drug-likeness (QED) is 0.177. The maximum absolute atomic E-state index is 12.4. The molecular formula is C20H41FO4S2. The largest absolute Gasteiger partial charge is 0.303 e. The van der Waals surface area contributed by atoms with E-state index in [-0.39, 0.29) is 5.75 Å². The molecule has 0 saturated carbocycles. The average molecular weight is 429 g/mol. The maximum Gasteiger partial charge on any atom is 0.303 e. The van der Waals surface area contributed by atoms with E-state index in [0.717, 1.165) is 19.3 Å².